The van der Waals surface area contributed by atoms with Crippen LogP contribution in [-0.4, -0.2) is 64.6 Å². The van der Waals surface area contributed by atoms with Crippen molar-refractivity contribution >= 4 is 29.1 Å². The zero-order chi connectivity index (χ0) is 24.6. The van der Waals surface area contributed by atoms with E-state index in [1.807, 2.05) is 24.3 Å². The van der Waals surface area contributed by atoms with Crippen molar-refractivity contribution in [3.05, 3.63) is 70.3 Å². The molecule has 9 heteroatoms. The molecular formula is C27H28N4O4S. The number of rotatable bonds is 6. The number of benzene rings is 1. The minimum Gasteiger partial charge on any atom is -0.464 e. The van der Waals surface area contributed by atoms with E-state index in [0.29, 0.717) is 18.5 Å². The molecule has 5 heterocycles. The van der Waals surface area contributed by atoms with Crippen molar-refractivity contribution in [3.8, 4) is 10.6 Å². The van der Waals surface area contributed by atoms with Gasteiger partial charge in [0.1, 0.15) is 11.8 Å². The topological polar surface area (TPSA) is 86.1 Å². The fraction of sp³-hybridized carbons (Fsp3) is 0.370. The van der Waals surface area contributed by atoms with Crippen molar-refractivity contribution in [3.63, 3.8) is 0 Å². The average molecular weight is 505 g/mol. The van der Waals surface area contributed by atoms with E-state index in [-0.39, 0.29) is 24.1 Å². The summed E-state index contributed by atoms with van der Waals surface area (Å²) in [5.41, 5.74) is 2.81. The number of piperidine rings is 1. The fourth-order valence-electron chi connectivity index (χ4n) is 5.32. The quantitative estimate of drug-likeness (QED) is 0.520. The lowest BCUT2D eigenvalue weighted by atomic mass is 10.0. The summed E-state index contributed by atoms with van der Waals surface area (Å²) < 4.78 is 5.51. The molecule has 0 spiro atoms. The smallest absolute Gasteiger partial charge is 0.255 e. The first kappa shape index (κ1) is 23.1. The predicted molar refractivity (Wildman–Crippen MR) is 135 cm³/mol. The third-order valence-corrected chi connectivity index (χ3v) is 8.35. The standard InChI is InChI=1S/C27H28N4O4S/c32-25-8-6-22(26(33)28-25)31-16-19-14-18(3-5-21(19)27(31)34)15-29-9-11-30(12-10-29)17-20-4-7-24(36-20)23-2-1-13-35-23/h1-5,7,13-14,22H,6,8-12,15-17H2,(H,28,32,33). The van der Waals surface area contributed by atoms with Crippen molar-refractivity contribution in [2.75, 3.05) is 26.2 Å². The fourth-order valence-corrected chi connectivity index (χ4v) is 6.34. The summed E-state index contributed by atoms with van der Waals surface area (Å²) in [5.74, 6) is 0.165. The Morgan fingerprint density at radius 3 is 2.53 bits per heavy atom. The molecule has 1 unspecified atom stereocenters. The SMILES string of the molecule is O=C1CCC(N2Cc3cc(CN4CCN(Cc5ccc(-c6ccco6)s5)CC4)ccc3C2=O)C(=O)N1. The zero-order valence-corrected chi connectivity index (χ0v) is 20.8. The third-order valence-electron chi connectivity index (χ3n) is 7.26. The highest BCUT2D eigenvalue weighted by Gasteiger charge is 2.39. The first-order chi connectivity index (χ1) is 17.5. The van der Waals surface area contributed by atoms with Gasteiger partial charge < -0.3 is 9.32 Å². The van der Waals surface area contributed by atoms with E-state index in [1.54, 1.807) is 22.5 Å². The average Bonchev–Trinajstić information content (AvgIpc) is 3.62. The van der Waals surface area contributed by atoms with Crippen LogP contribution in [0.2, 0.25) is 0 Å². The lowest BCUT2D eigenvalue weighted by Crippen LogP contribution is -2.52. The number of imide groups is 1. The van der Waals surface area contributed by atoms with Gasteiger partial charge in [-0.3, -0.25) is 29.5 Å². The number of piperazine rings is 1. The Balaban J connectivity index is 1.03. The van der Waals surface area contributed by atoms with Gasteiger partial charge in [0, 0.05) is 62.7 Å². The lowest BCUT2D eigenvalue weighted by Gasteiger charge is -2.34. The van der Waals surface area contributed by atoms with Crippen LogP contribution in [0.4, 0.5) is 0 Å². The highest BCUT2D eigenvalue weighted by molar-refractivity contribution is 7.15. The van der Waals surface area contributed by atoms with Crippen LogP contribution in [0.1, 0.15) is 39.2 Å². The van der Waals surface area contributed by atoms with Crippen LogP contribution in [0.15, 0.2) is 53.1 Å². The molecule has 0 aliphatic carbocycles. The molecule has 2 fully saturated rings. The number of nitrogens with zero attached hydrogens (tertiary/aromatic N) is 3. The van der Waals surface area contributed by atoms with Crippen LogP contribution < -0.4 is 5.32 Å². The monoisotopic (exact) mass is 504 g/mol. The summed E-state index contributed by atoms with van der Waals surface area (Å²) in [6, 6.07) is 13.7. The molecule has 3 amide bonds. The Kier molecular flexibility index (Phi) is 6.20. The van der Waals surface area contributed by atoms with E-state index in [9.17, 15) is 14.4 Å². The maximum Gasteiger partial charge on any atom is 0.255 e. The van der Waals surface area contributed by atoms with Crippen molar-refractivity contribution < 1.29 is 18.8 Å². The van der Waals surface area contributed by atoms with Gasteiger partial charge in [-0.25, -0.2) is 0 Å². The maximum atomic E-state index is 12.9. The Bertz CT molecular complexity index is 1290. The molecule has 0 bridgehead atoms. The number of carbonyl (C=O) groups excluding carboxylic acids is 3. The van der Waals surface area contributed by atoms with E-state index in [0.717, 1.165) is 50.6 Å². The molecular weight excluding hydrogens is 476 g/mol. The number of nitrogens with one attached hydrogen (secondary N) is 1. The maximum absolute atomic E-state index is 12.9. The van der Waals surface area contributed by atoms with Crippen LogP contribution in [0.25, 0.3) is 10.6 Å². The second-order valence-corrected chi connectivity index (χ2v) is 10.9. The molecule has 1 aromatic carbocycles. The summed E-state index contributed by atoms with van der Waals surface area (Å²) in [6.45, 7) is 6.24. The Morgan fingerprint density at radius 2 is 1.78 bits per heavy atom. The van der Waals surface area contributed by atoms with Gasteiger partial charge in [-0.1, -0.05) is 12.1 Å². The van der Waals surface area contributed by atoms with Crippen LogP contribution in [0.5, 0.6) is 0 Å². The normalized spacial score (nSPS) is 21.2. The van der Waals surface area contributed by atoms with Crippen molar-refractivity contribution in [1.82, 2.24) is 20.0 Å². The van der Waals surface area contributed by atoms with E-state index in [1.165, 1.54) is 15.3 Å². The van der Waals surface area contributed by atoms with Crippen molar-refractivity contribution in [2.45, 2.75) is 38.5 Å². The van der Waals surface area contributed by atoms with Gasteiger partial charge in [0.15, 0.2) is 0 Å². The summed E-state index contributed by atoms with van der Waals surface area (Å²) in [7, 11) is 0. The summed E-state index contributed by atoms with van der Waals surface area (Å²) in [4.78, 5) is 45.7. The number of furan rings is 1. The second kappa shape index (κ2) is 9.65. The molecule has 8 nitrogen and oxygen atoms in total. The molecule has 36 heavy (non-hydrogen) atoms. The van der Waals surface area contributed by atoms with Crippen molar-refractivity contribution in [2.24, 2.45) is 0 Å². The minimum atomic E-state index is -0.572. The molecule has 1 N–H and O–H groups in total. The number of thiophene rings is 1. The Morgan fingerprint density at radius 1 is 0.972 bits per heavy atom. The number of carbonyl (C=O) groups is 3. The Hall–Kier alpha value is -3.27. The summed E-state index contributed by atoms with van der Waals surface area (Å²) >= 11 is 1.79. The van der Waals surface area contributed by atoms with Gasteiger partial charge in [-0.05, 0) is 47.9 Å². The van der Waals surface area contributed by atoms with Crippen LogP contribution in [-0.2, 0) is 29.2 Å². The third kappa shape index (κ3) is 4.61. The van der Waals surface area contributed by atoms with Crippen molar-refractivity contribution in [1.29, 1.82) is 0 Å². The number of hydrogen-bond acceptors (Lipinski definition) is 7. The highest BCUT2D eigenvalue weighted by atomic mass is 32.1. The molecule has 3 aliphatic heterocycles. The van der Waals surface area contributed by atoms with E-state index < -0.39 is 6.04 Å². The molecule has 0 saturated carbocycles. The number of fused-ring (bicyclic) bond motifs is 1. The van der Waals surface area contributed by atoms with Gasteiger partial charge in [0.25, 0.3) is 5.91 Å². The minimum absolute atomic E-state index is 0.122. The Labute approximate surface area is 213 Å². The lowest BCUT2D eigenvalue weighted by molar-refractivity contribution is -0.136. The van der Waals surface area contributed by atoms with Gasteiger partial charge in [0.05, 0.1) is 11.1 Å². The molecule has 2 aromatic heterocycles. The molecule has 186 valence electrons. The largest absolute Gasteiger partial charge is 0.464 e. The zero-order valence-electron chi connectivity index (χ0n) is 19.9. The molecule has 3 aromatic rings. The van der Waals surface area contributed by atoms with Gasteiger partial charge in [-0.2, -0.15) is 0 Å². The molecule has 6 rings (SSSR count). The highest BCUT2D eigenvalue weighted by Crippen LogP contribution is 2.30. The van der Waals surface area contributed by atoms with Gasteiger partial charge in [-0.15, -0.1) is 11.3 Å². The summed E-state index contributed by atoms with van der Waals surface area (Å²) in [6.07, 6.45) is 2.36. The first-order valence-electron chi connectivity index (χ1n) is 12.4. The predicted octanol–water partition coefficient (Wildman–Crippen LogP) is 3.09. The van der Waals surface area contributed by atoms with Gasteiger partial charge in [0.2, 0.25) is 11.8 Å². The van der Waals surface area contributed by atoms with E-state index in [4.69, 9.17) is 4.42 Å². The number of amides is 3. The molecule has 1 atom stereocenters. The van der Waals surface area contributed by atoms with E-state index in [2.05, 4.69) is 33.3 Å². The van der Waals surface area contributed by atoms with Crippen LogP contribution in [0.3, 0.4) is 0 Å². The summed E-state index contributed by atoms with van der Waals surface area (Å²) in [5, 5.41) is 2.36. The molecule has 2 saturated heterocycles. The van der Waals surface area contributed by atoms with Crippen LogP contribution >= 0.6 is 11.3 Å². The van der Waals surface area contributed by atoms with Gasteiger partial charge >= 0.3 is 0 Å². The first-order valence-corrected chi connectivity index (χ1v) is 13.2. The second-order valence-electron chi connectivity index (χ2n) is 9.69. The molecule has 3 aliphatic rings. The number of hydrogen-bond donors (Lipinski definition) is 1. The van der Waals surface area contributed by atoms with E-state index >= 15 is 0 Å². The molecule has 0 radical (unpaired) electrons. The van der Waals surface area contributed by atoms with Crippen LogP contribution in [0, 0.1) is 0 Å².